The first-order chi connectivity index (χ1) is 18.1. The number of aromatic nitrogens is 2. The molecule has 8 nitrogen and oxygen atoms in total. The number of rotatable bonds is 4. The van der Waals surface area contributed by atoms with Crippen molar-refractivity contribution in [2.24, 2.45) is 5.92 Å². The molecule has 5 atom stereocenters. The normalized spacial score (nSPS) is 28.7. The fourth-order valence-electron chi connectivity index (χ4n) is 6.71. The van der Waals surface area contributed by atoms with Crippen LogP contribution in [0.25, 0.3) is 0 Å². The van der Waals surface area contributed by atoms with Gasteiger partial charge in [0, 0.05) is 47.7 Å². The smallest absolute Gasteiger partial charge is 0.345 e. The van der Waals surface area contributed by atoms with Crippen molar-refractivity contribution in [2.45, 2.75) is 36.5 Å². The predicted octanol–water partition coefficient (Wildman–Crippen LogP) is 3.37. The second-order valence-electron chi connectivity index (χ2n) is 10.2. The zero-order valence-electron chi connectivity index (χ0n) is 20.2. The van der Waals surface area contributed by atoms with Crippen molar-refractivity contribution in [1.29, 1.82) is 0 Å². The third kappa shape index (κ3) is 3.25. The highest BCUT2D eigenvalue weighted by Gasteiger charge is 2.65. The van der Waals surface area contributed by atoms with Crippen LogP contribution in [0.1, 0.15) is 38.3 Å². The number of carbonyl (C=O) groups excluding carboxylic acids is 2. The maximum atomic E-state index is 13.0. The van der Waals surface area contributed by atoms with Crippen LogP contribution in [0.4, 0.5) is 0 Å². The molecule has 2 aliphatic heterocycles. The van der Waals surface area contributed by atoms with E-state index in [-0.39, 0.29) is 11.3 Å². The Morgan fingerprint density at radius 2 is 1.78 bits per heavy atom. The molecule has 4 heterocycles. The number of hydrogen-bond acceptors (Lipinski definition) is 8. The highest BCUT2D eigenvalue weighted by Crippen LogP contribution is 2.62. The van der Waals surface area contributed by atoms with Crippen LogP contribution in [0, 0.1) is 5.92 Å². The van der Waals surface area contributed by atoms with E-state index in [9.17, 15) is 9.59 Å². The monoisotopic (exact) mass is 495 g/mol. The number of piperidine rings is 1. The van der Waals surface area contributed by atoms with E-state index in [1.165, 1.54) is 18.0 Å². The third-order valence-corrected chi connectivity index (χ3v) is 8.36. The van der Waals surface area contributed by atoms with Crippen molar-refractivity contribution in [3.05, 3.63) is 95.6 Å². The number of likely N-dealkylation sites (N-methyl/N-ethyl adjacent to an activating group) is 1. The van der Waals surface area contributed by atoms with E-state index in [0.29, 0.717) is 28.7 Å². The average molecular weight is 496 g/mol. The number of esters is 2. The van der Waals surface area contributed by atoms with E-state index in [1.807, 2.05) is 12.1 Å². The third-order valence-electron chi connectivity index (χ3n) is 8.36. The molecule has 2 aromatic heterocycles. The molecule has 0 N–H and O–H groups in total. The van der Waals surface area contributed by atoms with Gasteiger partial charge in [-0.3, -0.25) is 9.97 Å². The van der Waals surface area contributed by atoms with E-state index < -0.39 is 24.1 Å². The molecule has 1 saturated heterocycles. The summed E-state index contributed by atoms with van der Waals surface area (Å²) in [4.78, 5) is 36.4. The van der Waals surface area contributed by atoms with E-state index in [1.54, 1.807) is 36.7 Å². The average Bonchev–Trinajstić information content (AvgIpc) is 3.29. The molecule has 2 bridgehead atoms. The summed E-state index contributed by atoms with van der Waals surface area (Å²) >= 11 is 0. The summed E-state index contributed by atoms with van der Waals surface area (Å²) in [6.45, 7) is 0.900. The second-order valence-corrected chi connectivity index (χ2v) is 10.2. The Bertz CT molecular complexity index is 1430. The summed E-state index contributed by atoms with van der Waals surface area (Å²) in [6.07, 6.45) is 11.1. The number of pyridine rings is 2. The van der Waals surface area contributed by atoms with Crippen LogP contribution in [0.5, 0.6) is 11.5 Å². The topological polar surface area (TPSA) is 90.9 Å². The minimum atomic E-state index is -0.590. The number of carbonyl (C=O) groups is 2. The number of benzene rings is 1. The lowest BCUT2D eigenvalue weighted by Crippen LogP contribution is -2.65. The van der Waals surface area contributed by atoms with Crippen LogP contribution in [0.15, 0.2) is 73.3 Å². The summed E-state index contributed by atoms with van der Waals surface area (Å²) in [5.74, 6) is 0.221. The van der Waals surface area contributed by atoms with Gasteiger partial charge in [-0.25, -0.2) is 9.59 Å². The zero-order valence-corrected chi connectivity index (χ0v) is 20.2. The minimum absolute atomic E-state index is 0.197. The molecule has 0 saturated carbocycles. The van der Waals surface area contributed by atoms with Crippen molar-refractivity contribution in [3.8, 4) is 11.5 Å². The van der Waals surface area contributed by atoms with Gasteiger partial charge in [0.15, 0.2) is 17.6 Å². The van der Waals surface area contributed by atoms with Gasteiger partial charge in [-0.2, -0.15) is 0 Å². The van der Waals surface area contributed by atoms with Crippen molar-refractivity contribution in [3.63, 3.8) is 0 Å². The van der Waals surface area contributed by atoms with Gasteiger partial charge in [-0.05, 0) is 68.4 Å². The summed E-state index contributed by atoms with van der Waals surface area (Å²) in [6, 6.07) is 10.9. The number of hydrogen-bond donors (Lipinski definition) is 0. The lowest BCUT2D eigenvalue weighted by molar-refractivity contribution is -0.0555. The lowest BCUT2D eigenvalue weighted by atomic mass is 9.53. The van der Waals surface area contributed by atoms with Gasteiger partial charge in [0.05, 0.1) is 11.1 Å². The summed E-state index contributed by atoms with van der Waals surface area (Å²) in [5.41, 5.74) is 2.67. The molecule has 37 heavy (non-hydrogen) atoms. The molecule has 0 radical (unpaired) electrons. The molecule has 8 heteroatoms. The molecule has 2 aliphatic carbocycles. The molecule has 1 spiro atoms. The zero-order chi connectivity index (χ0) is 25.1. The fraction of sp³-hybridized carbons (Fsp3) is 0.310. The van der Waals surface area contributed by atoms with E-state index in [4.69, 9.17) is 14.2 Å². The first kappa shape index (κ1) is 22.2. The van der Waals surface area contributed by atoms with E-state index in [2.05, 4.69) is 34.1 Å². The molecule has 7 rings (SSSR count). The van der Waals surface area contributed by atoms with Crippen LogP contribution in [-0.2, 0) is 16.6 Å². The van der Waals surface area contributed by atoms with Gasteiger partial charge in [-0.1, -0.05) is 12.1 Å². The van der Waals surface area contributed by atoms with Gasteiger partial charge in [0.1, 0.15) is 6.10 Å². The predicted molar refractivity (Wildman–Crippen MR) is 133 cm³/mol. The number of nitrogens with zero attached hydrogens (tertiary/aromatic N) is 3. The quantitative estimate of drug-likeness (QED) is 0.309. The Balaban J connectivity index is 1.29. The molecule has 3 aromatic rings. The molecule has 2 unspecified atom stereocenters. The van der Waals surface area contributed by atoms with Crippen LogP contribution in [-0.4, -0.2) is 58.6 Å². The van der Waals surface area contributed by atoms with Gasteiger partial charge in [0.25, 0.3) is 0 Å². The van der Waals surface area contributed by atoms with Crippen LogP contribution >= 0.6 is 0 Å². The summed E-state index contributed by atoms with van der Waals surface area (Å²) in [7, 11) is 2.17. The second kappa shape index (κ2) is 8.24. The molecule has 1 fully saturated rings. The summed E-state index contributed by atoms with van der Waals surface area (Å²) in [5, 5.41) is 0. The fourth-order valence-corrected chi connectivity index (χ4v) is 6.71. The van der Waals surface area contributed by atoms with E-state index in [0.717, 1.165) is 24.9 Å². The Morgan fingerprint density at radius 3 is 2.51 bits per heavy atom. The maximum Gasteiger partial charge on any atom is 0.345 e. The Labute approximate surface area is 213 Å². The van der Waals surface area contributed by atoms with Crippen LogP contribution in [0.2, 0.25) is 0 Å². The minimum Gasteiger partial charge on any atom is -0.481 e. The molecule has 186 valence electrons. The van der Waals surface area contributed by atoms with Crippen molar-refractivity contribution < 1.29 is 23.8 Å². The first-order valence-electron chi connectivity index (χ1n) is 12.5. The molecular weight excluding hydrogens is 470 g/mol. The Hall–Kier alpha value is -4.04. The Morgan fingerprint density at radius 1 is 1.03 bits per heavy atom. The lowest BCUT2D eigenvalue weighted by Gasteiger charge is -2.56. The Kier molecular flexibility index (Phi) is 4.94. The van der Waals surface area contributed by atoms with Crippen molar-refractivity contribution >= 4 is 11.9 Å². The van der Waals surface area contributed by atoms with Crippen molar-refractivity contribution in [2.75, 3.05) is 13.6 Å². The van der Waals surface area contributed by atoms with Gasteiger partial charge in [-0.15, -0.1) is 0 Å². The summed E-state index contributed by atoms with van der Waals surface area (Å²) < 4.78 is 18.5. The molecular formula is C29H25N3O5. The van der Waals surface area contributed by atoms with Gasteiger partial charge in [0.2, 0.25) is 0 Å². The van der Waals surface area contributed by atoms with Gasteiger partial charge >= 0.3 is 11.9 Å². The highest BCUT2D eigenvalue weighted by atomic mass is 16.6. The number of likely N-dealkylation sites (tertiary alicyclic amines) is 1. The number of ether oxygens (including phenoxy) is 3. The largest absolute Gasteiger partial charge is 0.481 e. The van der Waals surface area contributed by atoms with Crippen LogP contribution in [0.3, 0.4) is 0 Å². The van der Waals surface area contributed by atoms with E-state index >= 15 is 0 Å². The molecule has 0 amide bonds. The van der Waals surface area contributed by atoms with Crippen molar-refractivity contribution in [1.82, 2.24) is 14.9 Å². The first-order valence-corrected chi connectivity index (χ1v) is 12.5. The maximum absolute atomic E-state index is 13.0. The molecule has 4 aliphatic rings. The van der Waals surface area contributed by atoms with Crippen LogP contribution < -0.4 is 9.47 Å². The SMILES string of the molecule is CN1CC[C@]23c4c5ccc(OC(=O)c6cccnc6)c4O[C@H]2C(OC(=O)c2cccnc2)C=C[C@H]3C1C5. The highest BCUT2D eigenvalue weighted by molar-refractivity contribution is 5.91. The molecule has 1 aromatic carbocycles. The standard InChI is InChI=1S/C29H25N3O5/c1-32-13-10-29-20-7-9-23(36-28(34)19-5-3-12-31-16-19)26(29)37-25-22(8-6-17(24(25)29)14-21(20)32)35-27(33)18-4-2-11-30-15-18/h2-9,11-12,15-16,20-21,23,26H,10,13-14H2,1H3/t20-,21?,23?,26-,29-/m0/s1. The van der Waals surface area contributed by atoms with Gasteiger partial charge < -0.3 is 19.1 Å².